The Morgan fingerprint density at radius 2 is 0.819 bits per heavy atom. The lowest BCUT2D eigenvalue weighted by Crippen LogP contribution is -2.28. The number of fused-ring (bicyclic) bond motifs is 5. The highest BCUT2D eigenvalue weighted by Crippen LogP contribution is 2.57. The first-order valence-corrected chi connectivity index (χ1v) is 25.5. The van der Waals surface area contributed by atoms with Crippen molar-refractivity contribution in [2.24, 2.45) is 0 Å². The molecule has 0 atom stereocenters. The van der Waals surface area contributed by atoms with Crippen molar-refractivity contribution in [1.29, 1.82) is 0 Å². The van der Waals surface area contributed by atoms with Crippen molar-refractivity contribution in [3.05, 3.63) is 282 Å². The lowest BCUT2D eigenvalue weighted by molar-refractivity contribution is 0.569. The minimum absolute atomic E-state index is 0.00810. The Bertz CT molecular complexity index is 3730. The Morgan fingerprint density at radius 3 is 1.50 bits per heavy atom. The van der Waals surface area contributed by atoms with Crippen LogP contribution in [0.3, 0.4) is 0 Å². The van der Waals surface area contributed by atoms with Gasteiger partial charge in [0.05, 0.1) is 16.8 Å². The Morgan fingerprint density at radius 1 is 0.319 bits per heavy atom. The molecule has 1 aliphatic carbocycles. The van der Waals surface area contributed by atoms with Crippen molar-refractivity contribution in [2.45, 2.75) is 57.8 Å². The quantitative estimate of drug-likeness (QED) is 0.147. The summed E-state index contributed by atoms with van der Waals surface area (Å²) >= 11 is 0. The van der Waals surface area contributed by atoms with Crippen LogP contribution in [0.1, 0.15) is 74.9 Å². The highest BCUT2D eigenvalue weighted by Gasteiger charge is 2.46. The summed E-state index contributed by atoms with van der Waals surface area (Å²) in [5, 5.41) is 4.88. The van der Waals surface area contributed by atoms with Gasteiger partial charge in [0, 0.05) is 16.6 Å². The number of hydrogen-bond donors (Lipinski definition) is 0. The van der Waals surface area contributed by atoms with Crippen molar-refractivity contribution in [1.82, 2.24) is 0 Å². The maximum Gasteiger partial charge on any atom is 0.0713 e. The molecule has 0 aliphatic heterocycles. The summed E-state index contributed by atoms with van der Waals surface area (Å²) in [4.78, 5) is 2.48. The summed E-state index contributed by atoms with van der Waals surface area (Å²) in [6.45, 7) is 13.9. The molecule has 0 aromatic heterocycles. The van der Waals surface area contributed by atoms with Crippen LogP contribution in [0.4, 0.5) is 17.1 Å². The fraction of sp³-hybridized carbons (Fsp3) is 0.127. The third-order valence-electron chi connectivity index (χ3n) is 15.2. The van der Waals surface area contributed by atoms with Crippen LogP contribution in [0, 0.1) is 0 Å². The van der Waals surface area contributed by atoms with Crippen LogP contribution in [0.25, 0.3) is 66.1 Å². The molecule has 11 aromatic rings. The molecule has 11 aromatic carbocycles. The lowest BCUT2D eigenvalue weighted by Gasteiger charge is -2.34. The van der Waals surface area contributed by atoms with Gasteiger partial charge in [-0.1, -0.05) is 260 Å². The van der Waals surface area contributed by atoms with Gasteiger partial charge in [0.1, 0.15) is 0 Å². The Balaban J connectivity index is 1.03. The first-order valence-electron chi connectivity index (χ1n) is 25.5. The van der Waals surface area contributed by atoms with E-state index in [2.05, 4.69) is 295 Å². The van der Waals surface area contributed by atoms with E-state index in [1.165, 1.54) is 99.4 Å². The average Bonchev–Trinajstić information content (AvgIpc) is 3.71. The first kappa shape index (κ1) is 44.9. The minimum Gasteiger partial charge on any atom is -0.309 e. The molecule has 0 heterocycles. The highest BCUT2D eigenvalue weighted by atomic mass is 15.1. The van der Waals surface area contributed by atoms with Gasteiger partial charge in [-0.15, -0.1) is 0 Å². The predicted molar refractivity (Wildman–Crippen MR) is 307 cm³/mol. The van der Waals surface area contributed by atoms with Crippen molar-refractivity contribution in [2.75, 3.05) is 4.90 Å². The number of rotatable bonds is 8. The van der Waals surface area contributed by atoms with E-state index < -0.39 is 5.41 Å². The van der Waals surface area contributed by atoms with Gasteiger partial charge in [-0.25, -0.2) is 0 Å². The molecule has 348 valence electrons. The molecule has 0 spiro atoms. The fourth-order valence-corrected chi connectivity index (χ4v) is 11.6. The van der Waals surface area contributed by atoms with Crippen molar-refractivity contribution in [3.8, 4) is 44.5 Å². The van der Waals surface area contributed by atoms with Crippen LogP contribution in [0.15, 0.2) is 249 Å². The van der Waals surface area contributed by atoms with Crippen LogP contribution in [-0.2, 0) is 16.2 Å². The maximum atomic E-state index is 2.48. The van der Waals surface area contributed by atoms with Crippen LogP contribution in [0.2, 0.25) is 0 Å². The summed E-state index contributed by atoms with van der Waals surface area (Å²) in [6.07, 6.45) is 0. The monoisotopic (exact) mass is 925 g/mol. The minimum atomic E-state index is -0.467. The summed E-state index contributed by atoms with van der Waals surface area (Å²) in [7, 11) is 0. The molecule has 0 amide bonds. The molecule has 0 radical (unpaired) electrons. The topological polar surface area (TPSA) is 3.24 Å². The largest absolute Gasteiger partial charge is 0.309 e. The van der Waals surface area contributed by atoms with Crippen LogP contribution >= 0.6 is 0 Å². The third-order valence-corrected chi connectivity index (χ3v) is 15.2. The van der Waals surface area contributed by atoms with Gasteiger partial charge in [0.25, 0.3) is 0 Å². The molecule has 0 saturated carbocycles. The fourth-order valence-electron chi connectivity index (χ4n) is 11.6. The van der Waals surface area contributed by atoms with E-state index in [-0.39, 0.29) is 10.8 Å². The second-order valence-electron chi connectivity index (χ2n) is 21.7. The number of nitrogens with zero attached hydrogens (tertiary/aromatic N) is 1. The van der Waals surface area contributed by atoms with Gasteiger partial charge >= 0.3 is 0 Å². The van der Waals surface area contributed by atoms with E-state index >= 15 is 0 Å². The summed E-state index contributed by atoms with van der Waals surface area (Å²) < 4.78 is 0. The first-order chi connectivity index (χ1) is 35.0. The molecular weight excluding hydrogens is 867 g/mol. The standard InChI is InChI=1S/C71H59N/c1-69(2,3)55-44-52(45-56(47-55)70(4,5)6)59-33-19-24-50-25-20-34-63(68(50)59)62-32-16-18-36-67(62)72(66-37-21-23-49-22-13-14-30-58(49)66)57-41-38-48(39-42-57)51-40-43-61-60-31-15-17-35-64(60)71(65(61)46-51,53-26-9-7-10-27-53)54-28-11-8-12-29-54/h7-47H,1-6H3. The zero-order valence-electron chi connectivity index (χ0n) is 42.1. The van der Waals surface area contributed by atoms with E-state index in [9.17, 15) is 0 Å². The SMILES string of the molecule is CC(C)(C)c1cc(-c2cccc3cccc(-c4ccccc4N(c4ccc(-c5ccc6c(c5)C(c5ccccc5)(c5ccccc5)c5ccccc5-6)cc4)c4cccc5ccccc45)c23)cc(C(C)(C)C)c1. The number of benzene rings is 11. The highest BCUT2D eigenvalue weighted by molar-refractivity contribution is 6.10. The molecule has 0 N–H and O–H groups in total. The molecule has 0 unspecified atom stereocenters. The van der Waals surface area contributed by atoms with Gasteiger partial charge in [0.2, 0.25) is 0 Å². The van der Waals surface area contributed by atoms with Gasteiger partial charge in [-0.2, -0.15) is 0 Å². The normalized spacial score (nSPS) is 13.0. The number of hydrogen-bond acceptors (Lipinski definition) is 1. The Hall–Kier alpha value is -8.26. The Kier molecular flexibility index (Phi) is 10.9. The second-order valence-corrected chi connectivity index (χ2v) is 21.7. The predicted octanol–water partition coefficient (Wildman–Crippen LogP) is 19.4. The number of anilines is 3. The van der Waals surface area contributed by atoms with Crippen LogP contribution < -0.4 is 4.90 Å². The summed E-state index contributed by atoms with van der Waals surface area (Å²) in [5.74, 6) is 0. The lowest BCUT2D eigenvalue weighted by atomic mass is 9.67. The summed E-state index contributed by atoms with van der Waals surface area (Å²) in [6, 6.07) is 92.9. The molecule has 1 heteroatoms. The van der Waals surface area contributed by atoms with Gasteiger partial charge in [-0.05, 0) is 130 Å². The van der Waals surface area contributed by atoms with E-state index in [1.807, 2.05) is 0 Å². The molecule has 72 heavy (non-hydrogen) atoms. The zero-order chi connectivity index (χ0) is 49.2. The number of para-hydroxylation sites is 1. The average molecular weight is 926 g/mol. The van der Waals surface area contributed by atoms with Crippen molar-refractivity contribution >= 4 is 38.6 Å². The molecule has 0 bridgehead atoms. The Labute approximate surface area is 425 Å². The molecule has 12 rings (SSSR count). The molecular formula is C71H59N. The van der Waals surface area contributed by atoms with E-state index in [1.54, 1.807) is 0 Å². The van der Waals surface area contributed by atoms with Crippen molar-refractivity contribution < 1.29 is 0 Å². The zero-order valence-corrected chi connectivity index (χ0v) is 42.1. The van der Waals surface area contributed by atoms with E-state index in [0.29, 0.717) is 0 Å². The molecule has 1 nitrogen and oxygen atoms in total. The third kappa shape index (κ3) is 7.55. The second kappa shape index (κ2) is 17.5. The van der Waals surface area contributed by atoms with Gasteiger partial charge < -0.3 is 4.90 Å². The van der Waals surface area contributed by atoms with Gasteiger partial charge in [0.15, 0.2) is 0 Å². The molecule has 0 fully saturated rings. The smallest absolute Gasteiger partial charge is 0.0713 e. The van der Waals surface area contributed by atoms with Crippen LogP contribution in [-0.4, -0.2) is 0 Å². The maximum absolute atomic E-state index is 2.48. The molecule has 1 aliphatic rings. The van der Waals surface area contributed by atoms with Crippen molar-refractivity contribution in [3.63, 3.8) is 0 Å². The van der Waals surface area contributed by atoms with E-state index in [0.717, 1.165) is 17.1 Å². The molecule has 0 saturated heterocycles. The van der Waals surface area contributed by atoms with E-state index in [4.69, 9.17) is 0 Å². The summed E-state index contributed by atoms with van der Waals surface area (Å²) in [5.41, 5.74) is 20.5. The van der Waals surface area contributed by atoms with Crippen LogP contribution in [0.5, 0.6) is 0 Å². The van der Waals surface area contributed by atoms with Gasteiger partial charge in [-0.3, -0.25) is 0 Å².